The first-order valence-corrected chi connectivity index (χ1v) is 16.5. The van der Waals surface area contributed by atoms with E-state index in [2.05, 4.69) is 15.4 Å². The largest absolute Gasteiger partial charge is 0.476 e. The Morgan fingerprint density at radius 1 is 1.04 bits per heavy atom. The number of carbonyl (C=O) groups excluding carboxylic acids is 1. The van der Waals surface area contributed by atoms with Crippen molar-refractivity contribution in [2.75, 3.05) is 33.4 Å². The molecular weight excluding hydrogens is 658 g/mol. The van der Waals surface area contributed by atoms with Crippen LogP contribution in [0.5, 0.6) is 5.88 Å². The van der Waals surface area contributed by atoms with Gasteiger partial charge in [-0.05, 0) is 72.6 Å². The van der Waals surface area contributed by atoms with Gasteiger partial charge in [-0.3, -0.25) is 4.79 Å². The molecule has 0 saturated carbocycles. The predicted octanol–water partition coefficient (Wildman–Crippen LogP) is 7.46. The maximum Gasteiger partial charge on any atom is 0.407 e. The predicted molar refractivity (Wildman–Crippen MR) is 179 cm³/mol. The third-order valence-corrected chi connectivity index (χ3v) is 8.45. The Hall–Kier alpha value is -4.98. The smallest absolute Gasteiger partial charge is 0.407 e. The summed E-state index contributed by atoms with van der Waals surface area (Å²) in [6.07, 6.45) is -2.21. The highest BCUT2D eigenvalue weighted by Gasteiger charge is 2.32. The number of pyridine rings is 1. The zero-order valence-corrected chi connectivity index (χ0v) is 27.6. The SMILES string of the molecule is CNC(=O)CCCCN(CCOc1ccc(C(=C(CC(F)(F)F)c2ccccc2)c2ccc3c(c2)c(F)nn3C2CCCCO2)cn1)C(=O)O. The summed E-state index contributed by atoms with van der Waals surface area (Å²) in [5.74, 6) is -0.729. The van der Waals surface area contributed by atoms with Gasteiger partial charge in [0.2, 0.25) is 17.7 Å². The number of benzene rings is 2. The molecule has 0 bridgehead atoms. The van der Waals surface area contributed by atoms with Crippen molar-refractivity contribution in [3.05, 3.63) is 89.5 Å². The van der Waals surface area contributed by atoms with Gasteiger partial charge in [0.1, 0.15) is 6.61 Å². The van der Waals surface area contributed by atoms with Crippen LogP contribution in [0.4, 0.5) is 22.4 Å². The van der Waals surface area contributed by atoms with Gasteiger partial charge in [0, 0.05) is 44.4 Å². The monoisotopic (exact) mass is 697 g/mol. The van der Waals surface area contributed by atoms with Gasteiger partial charge in [-0.15, -0.1) is 5.10 Å². The molecule has 1 aliphatic rings. The quantitative estimate of drug-likeness (QED) is 0.0798. The molecule has 1 atom stereocenters. The second kappa shape index (κ2) is 16.6. The van der Waals surface area contributed by atoms with E-state index < -0.39 is 30.9 Å². The summed E-state index contributed by atoms with van der Waals surface area (Å²) in [5, 5.41) is 16.3. The molecule has 1 unspecified atom stereocenters. The number of fused-ring (bicyclic) bond motifs is 1. The van der Waals surface area contributed by atoms with Crippen molar-refractivity contribution in [2.45, 2.75) is 57.3 Å². The van der Waals surface area contributed by atoms with Crippen LogP contribution in [0.2, 0.25) is 0 Å². The van der Waals surface area contributed by atoms with E-state index in [4.69, 9.17) is 9.47 Å². The Bertz CT molecular complexity index is 1790. The van der Waals surface area contributed by atoms with Crippen LogP contribution in [0, 0.1) is 5.95 Å². The van der Waals surface area contributed by atoms with Crippen LogP contribution >= 0.6 is 0 Å². The molecule has 4 aromatic rings. The summed E-state index contributed by atoms with van der Waals surface area (Å²) < 4.78 is 70.8. The number of halogens is 4. The van der Waals surface area contributed by atoms with Gasteiger partial charge >= 0.3 is 12.3 Å². The average Bonchev–Trinajstić information content (AvgIpc) is 3.45. The van der Waals surface area contributed by atoms with E-state index in [1.807, 2.05) is 0 Å². The lowest BCUT2D eigenvalue weighted by atomic mass is 9.88. The molecule has 5 rings (SSSR count). The first-order chi connectivity index (χ1) is 24.0. The zero-order chi connectivity index (χ0) is 35.7. The van der Waals surface area contributed by atoms with E-state index in [1.54, 1.807) is 48.5 Å². The normalized spacial score (nSPS) is 15.4. The number of carboxylic acid groups (broad SMARTS) is 1. The van der Waals surface area contributed by atoms with Crippen molar-refractivity contribution in [2.24, 2.45) is 0 Å². The van der Waals surface area contributed by atoms with E-state index in [9.17, 15) is 27.9 Å². The van der Waals surface area contributed by atoms with Crippen LogP contribution < -0.4 is 10.1 Å². The summed E-state index contributed by atoms with van der Waals surface area (Å²) in [6.45, 7) is 0.764. The highest BCUT2D eigenvalue weighted by molar-refractivity contribution is 6.00. The summed E-state index contributed by atoms with van der Waals surface area (Å²) in [7, 11) is 1.54. The Morgan fingerprint density at radius 3 is 2.48 bits per heavy atom. The molecule has 0 radical (unpaired) electrons. The summed E-state index contributed by atoms with van der Waals surface area (Å²) in [4.78, 5) is 28.6. The van der Waals surface area contributed by atoms with Crippen LogP contribution in [0.3, 0.4) is 0 Å². The number of carbonyl (C=O) groups is 2. The molecule has 1 aliphatic heterocycles. The van der Waals surface area contributed by atoms with Crippen molar-refractivity contribution < 1.29 is 41.7 Å². The van der Waals surface area contributed by atoms with E-state index in [1.165, 1.54) is 35.0 Å². The summed E-state index contributed by atoms with van der Waals surface area (Å²) in [6, 6.07) is 16.1. The number of ether oxygens (including phenoxy) is 2. The van der Waals surface area contributed by atoms with Crippen LogP contribution in [0.25, 0.3) is 22.0 Å². The maximum absolute atomic E-state index is 15.3. The summed E-state index contributed by atoms with van der Waals surface area (Å²) >= 11 is 0. The van der Waals surface area contributed by atoms with Crippen LogP contribution in [0.1, 0.15) is 67.9 Å². The van der Waals surface area contributed by atoms with Crippen molar-refractivity contribution in [3.8, 4) is 5.88 Å². The molecule has 1 fully saturated rings. The van der Waals surface area contributed by atoms with Crippen LogP contribution in [-0.4, -0.2) is 76.3 Å². The lowest BCUT2D eigenvalue weighted by molar-refractivity contribution is -0.123. The summed E-state index contributed by atoms with van der Waals surface area (Å²) in [5.41, 5.74) is 1.68. The van der Waals surface area contributed by atoms with E-state index in [0.29, 0.717) is 54.5 Å². The number of hydrogen-bond acceptors (Lipinski definition) is 6. The minimum absolute atomic E-state index is 0.0230. The molecule has 14 heteroatoms. The van der Waals surface area contributed by atoms with Crippen LogP contribution in [0.15, 0.2) is 66.9 Å². The zero-order valence-electron chi connectivity index (χ0n) is 27.6. The third kappa shape index (κ3) is 9.37. The molecule has 2 N–H and O–H groups in total. The molecule has 2 aromatic heterocycles. The number of rotatable bonds is 14. The number of alkyl halides is 3. The minimum Gasteiger partial charge on any atom is -0.476 e. The topological polar surface area (TPSA) is 119 Å². The van der Waals surface area contributed by atoms with Gasteiger partial charge in [0.25, 0.3) is 0 Å². The fraction of sp³-hybridized carbons (Fsp3) is 0.389. The standard InChI is InChI=1S/C36H39F4N5O5/c1-41-30(46)11-5-7-17-44(35(47)48)18-20-49-31-16-14-26(23-42-31)33(28(22-36(38,39)40)24-9-3-2-4-10-24)25-13-15-29-27(21-25)34(37)43-45(29)32-12-6-8-19-50-32/h2-4,9-10,13-16,21,23,32H,5-8,11-12,17-20,22H2,1H3,(H,41,46)(H,47,48). The lowest BCUT2D eigenvalue weighted by Gasteiger charge is -2.23. The van der Waals surface area contributed by atoms with Crippen molar-refractivity contribution in [1.29, 1.82) is 0 Å². The number of aromatic nitrogens is 3. The molecule has 1 saturated heterocycles. The van der Waals surface area contributed by atoms with Crippen molar-refractivity contribution in [3.63, 3.8) is 0 Å². The van der Waals surface area contributed by atoms with Gasteiger partial charge < -0.3 is 24.8 Å². The average molecular weight is 698 g/mol. The molecule has 10 nitrogen and oxygen atoms in total. The number of hydrogen-bond donors (Lipinski definition) is 2. The van der Waals surface area contributed by atoms with Gasteiger partial charge in [-0.25, -0.2) is 14.5 Å². The van der Waals surface area contributed by atoms with Crippen molar-refractivity contribution in [1.82, 2.24) is 25.0 Å². The Labute approximate surface area is 286 Å². The maximum atomic E-state index is 15.3. The first kappa shape index (κ1) is 36.3. The highest BCUT2D eigenvalue weighted by atomic mass is 19.4. The Balaban J connectivity index is 1.44. The van der Waals surface area contributed by atoms with E-state index >= 15 is 4.39 Å². The van der Waals surface area contributed by atoms with Gasteiger partial charge in [0.05, 0.1) is 23.9 Å². The van der Waals surface area contributed by atoms with Crippen LogP contribution in [-0.2, 0) is 9.53 Å². The number of nitrogens with zero attached hydrogens (tertiary/aromatic N) is 4. The van der Waals surface area contributed by atoms with E-state index in [0.717, 1.165) is 12.8 Å². The first-order valence-electron chi connectivity index (χ1n) is 16.5. The third-order valence-electron chi connectivity index (χ3n) is 8.45. The van der Waals surface area contributed by atoms with Gasteiger partial charge in [-0.1, -0.05) is 36.4 Å². The number of unbranched alkanes of at least 4 members (excludes halogenated alkanes) is 1. The molecule has 0 spiro atoms. The number of nitrogens with one attached hydrogen (secondary N) is 1. The van der Waals surface area contributed by atoms with Gasteiger partial charge in [0.15, 0.2) is 6.23 Å². The second-order valence-electron chi connectivity index (χ2n) is 11.9. The lowest BCUT2D eigenvalue weighted by Crippen LogP contribution is -2.34. The fourth-order valence-electron chi connectivity index (χ4n) is 5.97. The van der Waals surface area contributed by atoms with Gasteiger partial charge in [-0.2, -0.15) is 17.6 Å². The second-order valence-corrected chi connectivity index (χ2v) is 11.9. The highest BCUT2D eigenvalue weighted by Crippen LogP contribution is 2.40. The molecule has 266 valence electrons. The van der Waals surface area contributed by atoms with Crippen molar-refractivity contribution >= 4 is 34.0 Å². The number of amides is 2. The molecular formula is C36H39F4N5O5. The molecule has 2 aromatic carbocycles. The number of allylic oxidation sites excluding steroid dienone is 1. The van der Waals surface area contributed by atoms with E-state index in [-0.39, 0.29) is 48.0 Å². The molecule has 2 amide bonds. The minimum atomic E-state index is -4.57. The fourth-order valence-corrected chi connectivity index (χ4v) is 5.97. The molecule has 50 heavy (non-hydrogen) atoms. The Morgan fingerprint density at radius 2 is 1.82 bits per heavy atom. The molecule has 3 heterocycles. The molecule has 0 aliphatic carbocycles. The Kier molecular flexibility index (Phi) is 12.1.